The van der Waals surface area contributed by atoms with Crippen LogP contribution in [-0.4, -0.2) is 22.7 Å². The van der Waals surface area contributed by atoms with Gasteiger partial charge in [0.1, 0.15) is 5.69 Å². The predicted molar refractivity (Wildman–Crippen MR) is 87.1 cm³/mol. The van der Waals surface area contributed by atoms with Crippen molar-refractivity contribution < 1.29 is 4.79 Å². The first kappa shape index (κ1) is 14.1. The van der Waals surface area contributed by atoms with Gasteiger partial charge in [0.25, 0.3) is 5.91 Å². The maximum Gasteiger partial charge on any atom is 0.254 e. The Hall–Kier alpha value is -2.88. The van der Waals surface area contributed by atoms with Gasteiger partial charge in [-0.05, 0) is 19.1 Å². The molecule has 0 fully saturated rings. The van der Waals surface area contributed by atoms with Gasteiger partial charge in [-0.25, -0.2) is 4.68 Å². The van der Waals surface area contributed by atoms with E-state index in [-0.39, 0.29) is 5.91 Å². The van der Waals surface area contributed by atoms with Gasteiger partial charge in [0.05, 0.1) is 11.3 Å². The van der Waals surface area contributed by atoms with Gasteiger partial charge >= 0.3 is 0 Å². The van der Waals surface area contributed by atoms with Crippen LogP contribution in [0.25, 0.3) is 16.9 Å². The summed E-state index contributed by atoms with van der Waals surface area (Å²) in [5, 5.41) is 7.28. The molecular formula is C18H17N3O. The van der Waals surface area contributed by atoms with E-state index in [1.54, 1.807) is 17.9 Å². The van der Waals surface area contributed by atoms with E-state index < -0.39 is 0 Å². The molecular weight excluding hydrogens is 274 g/mol. The molecule has 0 unspecified atom stereocenters. The summed E-state index contributed by atoms with van der Waals surface area (Å²) in [6.45, 7) is 2.04. The molecule has 0 saturated heterocycles. The average molecular weight is 291 g/mol. The minimum Gasteiger partial charge on any atom is -0.355 e. The lowest BCUT2D eigenvalue weighted by atomic mass is 10.1. The molecule has 1 N–H and O–H groups in total. The molecule has 4 heteroatoms. The molecule has 3 aromatic rings. The molecule has 0 bridgehead atoms. The monoisotopic (exact) mass is 291 g/mol. The highest BCUT2D eigenvalue weighted by atomic mass is 16.1. The quantitative estimate of drug-likeness (QED) is 0.805. The van der Waals surface area contributed by atoms with Crippen LogP contribution >= 0.6 is 0 Å². The maximum atomic E-state index is 12.1. The lowest BCUT2D eigenvalue weighted by Gasteiger charge is -2.01. The first-order valence-corrected chi connectivity index (χ1v) is 7.13. The number of nitrogens with zero attached hydrogens (tertiary/aromatic N) is 2. The van der Waals surface area contributed by atoms with Crippen molar-refractivity contribution in [2.45, 2.75) is 6.92 Å². The number of carbonyl (C=O) groups excluding carboxylic acids is 1. The highest BCUT2D eigenvalue weighted by molar-refractivity contribution is 5.99. The van der Waals surface area contributed by atoms with Crippen molar-refractivity contribution in [2.75, 3.05) is 7.05 Å². The second-order valence-electron chi connectivity index (χ2n) is 5.12. The van der Waals surface area contributed by atoms with E-state index in [9.17, 15) is 4.79 Å². The van der Waals surface area contributed by atoms with Gasteiger partial charge in [-0.3, -0.25) is 4.79 Å². The van der Waals surface area contributed by atoms with Crippen molar-refractivity contribution in [3.63, 3.8) is 0 Å². The second kappa shape index (κ2) is 5.85. The van der Waals surface area contributed by atoms with Crippen LogP contribution in [0.15, 0.2) is 60.8 Å². The van der Waals surface area contributed by atoms with E-state index in [4.69, 9.17) is 0 Å². The molecule has 0 aliphatic rings. The van der Waals surface area contributed by atoms with Crippen molar-refractivity contribution in [1.82, 2.24) is 15.1 Å². The van der Waals surface area contributed by atoms with E-state index >= 15 is 0 Å². The van der Waals surface area contributed by atoms with E-state index in [1.165, 1.54) is 5.56 Å². The van der Waals surface area contributed by atoms with Crippen molar-refractivity contribution in [1.29, 1.82) is 0 Å². The molecule has 4 nitrogen and oxygen atoms in total. The fraction of sp³-hybridized carbons (Fsp3) is 0.111. The largest absolute Gasteiger partial charge is 0.355 e. The summed E-state index contributed by atoms with van der Waals surface area (Å²) in [7, 11) is 1.63. The lowest BCUT2D eigenvalue weighted by molar-refractivity contribution is 0.0963. The predicted octanol–water partition coefficient (Wildman–Crippen LogP) is 3.21. The molecule has 22 heavy (non-hydrogen) atoms. The zero-order valence-electron chi connectivity index (χ0n) is 12.6. The van der Waals surface area contributed by atoms with Crippen molar-refractivity contribution in [3.8, 4) is 16.9 Å². The minimum absolute atomic E-state index is 0.141. The van der Waals surface area contributed by atoms with E-state index in [0.29, 0.717) is 11.3 Å². The number of nitrogens with one attached hydrogen (secondary N) is 1. The number of hydrogen-bond acceptors (Lipinski definition) is 2. The summed E-state index contributed by atoms with van der Waals surface area (Å²) in [4.78, 5) is 12.1. The Morgan fingerprint density at radius 1 is 1.05 bits per heavy atom. The SMILES string of the molecule is CNC(=O)c1cn(-c2ccc(C)cc2)nc1-c1ccccc1. The molecule has 0 aliphatic heterocycles. The van der Waals surface area contributed by atoms with Crippen LogP contribution in [0.1, 0.15) is 15.9 Å². The van der Waals surface area contributed by atoms with Crippen LogP contribution < -0.4 is 5.32 Å². The van der Waals surface area contributed by atoms with E-state index in [0.717, 1.165) is 11.3 Å². The highest BCUT2D eigenvalue weighted by Crippen LogP contribution is 2.23. The number of benzene rings is 2. The molecule has 0 saturated carbocycles. The Balaban J connectivity index is 2.13. The molecule has 0 atom stereocenters. The normalized spacial score (nSPS) is 10.5. The fourth-order valence-electron chi connectivity index (χ4n) is 2.31. The Kier molecular flexibility index (Phi) is 3.74. The van der Waals surface area contributed by atoms with Crippen LogP contribution in [0.2, 0.25) is 0 Å². The van der Waals surface area contributed by atoms with Crippen LogP contribution in [0.5, 0.6) is 0 Å². The average Bonchev–Trinajstić information content (AvgIpc) is 3.01. The lowest BCUT2D eigenvalue weighted by Crippen LogP contribution is -2.17. The zero-order chi connectivity index (χ0) is 15.5. The summed E-state index contributed by atoms with van der Waals surface area (Å²) >= 11 is 0. The molecule has 0 radical (unpaired) electrons. The third-order valence-electron chi connectivity index (χ3n) is 3.53. The molecule has 1 amide bonds. The fourth-order valence-corrected chi connectivity index (χ4v) is 2.31. The second-order valence-corrected chi connectivity index (χ2v) is 5.12. The van der Waals surface area contributed by atoms with Crippen LogP contribution in [0.4, 0.5) is 0 Å². The molecule has 0 aliphatic carbocycles. The Bertz CT molecular complexity index is 789. The highest BCUT2D eigenvalue weighted by Gasteiger charge is 2.17. The molecule has 110 valence electrons. The maximum absolute atomic E-state index is 12.1. The van der Waals surface area contributed by atoms with E-state index in [2.05, 4.69) is 10.4 Å². The smallest absolute Gasteiger partial charge is 0.254 e. The number of carbonyl (C=O) groups is 1. The third-order valence-corrected chi connectivity index (χ3v) is 3.53. The van der Waals surface area contributed by atoms with Gasteiger partial charge in [0.15, 0.2) is 0 Å². The molecule has 1 aromatic heterocycles. The molecule has 3 rings (SSSR count). The molecule has 0 spiro atoms. The third kappa shape index (κ3) is 2.63. The number of aryl methyl sites for hydroxylation is 1. The molecule has 2 aromatic carbocycles. The van der Waals surface area contributed by atoms with Gasteiger partial charge in [-0.1, -0.05) is 48.0 Å². The number of hydrogen-bond donors (Lipinski definition) is 1. The summed E-state index contributed by atoms with van der Waals surface area (Å²) in [6.07, 6.45) is 1.77. The van der Waals surface area contributed by atoms with Gasteiger partial charge in [0.2, 0.25) is 0 Å². The summed E-state index contributed by atoms with van der Waals surface area (Å²) in [6, 6.07) is 17.8. The van der Waals surface area contributed by atoms with Gasteiger partial charge in [-0.15, -0.1) is 0 Å². The Morgan fingerprint density at radius 2 is 1.73 bits per heavy atom. The number of amides is 1. The van der Waals surface area contributed by atoms with E-state index in [1.807, 2.05) is 61.5 Å². The van der Waals surface area contributed by atoms with Crippen molar-refractivity contribution in [2.24, 2.45) is 0 Å². The van der Waals surface area contributed by atoms with Gasteiger partial charge in [0, 0.05) is 18.8 Å². The topological polar surface area (TPSA) is 46.9 Å². The number of rotatable bonds is 3. The van der Waals surface area contributed by atoms with Gasteiger partial charge in [-0.2, -0.15) is 5.10 Å². The van der Waals surface area contributed by atoms with Gasteiger partial charge < -0.3 is 5.32 Å². The standard InChI is InChI=1S/C18H17N3O/c1-13-8-10-15(11-9-13)21-12-16(18(22)19-2)17(20-21)14-6-4-3-5-7-14/h3-12H,1-2H3,(H,19,22). The zero-order valence-corrected chi connectivity index (χ0v) is 12.6. The minimum atomic E-state index is -0.141. The first-order valence-electron chi connectivity index (χ1n) is 7.13. The van der Waals surface area contributed by atoms with Crippen LogP contribution in [-0.2, 0) is 0 Å². The van der Waals surface area contributed by atoms with Crippen molar-refractivity contribution >= 4 is 5.91 Å². The van der Waals surface area contributed by atoms with Crippen LogP contribution in [0.3, 0.4) is 0 Å². The van der Waals surface area contributed by atoms with Crippen molar-refractivity contribution in [3.05, 3.63) is 71.9 Å². The summed E-state index contributed by atoms with van der Waals surface area (Å²) < 4.78 is 1.74. The first-order chi connectivity index (χ1) is 10.7. The number of aromatic nitrogens is 2. The van der Waals surface area contributed by atoms with Crippen LogP contribution in [0, 0.1) is 6.92 Å². The Morgan fingerprint density at radius 3 is 2.36 bits per heavy atom. The summed E-state index contributed by atoms with van der Waals surface area (Å²) in [5.74, 6) is -0.141. The Labute approximate surface area is 129 Å². The molecule has 1 heterocycles. The summed E-state index contributed by atoms with van der Waals surface area (Å²) in [5.41, 5.74) is 4.28.